The number of ether oxygens (including phenoxy) is 1. The van der Waals surface area contributed by atoms with Crippen molar-refractivity contribution in [3.63, 3.8) is 0 Å². The predicted octanol–water partition coefficient (Wildman–Crippen LogP) is 1.29. The number of hydrogen-bond donors (Lipinski definition) is 2. The average Bonchev–Trinajstić information content (AvgIpc) is 2.07. The van der Waals surface area contributed by atoms with Crippen LogP contribution in [0.1, 0.15) is 40.5 Å². The molecule has 0 spiro atoms. The number of carbonyl (C=O) groups excluding carboxylic acids is 1. The van der Waals surface area contributed by atoms with E-state index in [1.54, 1.807) is 0 Å². The molecule has 0 fully saturated rings. The van der Waals surface area contributed by atoms with Crippen molar-refractivity contribution in [1.29, 1.82) is 0 Å². The van der Waals surface area contributed by atoms with Crippen LogP contribution in [0.5, 0.6) is 0 Å². The van der Waals surface area contributed by atoms with E-state index in [1.165, 1.54) is 0 Å². The van der Waals surface area contributed by atoms with Crippen LogP contribution in [-0.4, -0.2) is 31.2 Å². The molecule has 0 aliphatic carbocycles. The van der Waals surface area contributed by atoms with Crippen molar-refractivity contribution < 1.29 is 9.53 Å². The molecule has 4 heteroatoms. The van der Waals surface area contributed by atoms with E-state index in [9.17, 15) is 4.79 Å². The van der Waals surface area contributed by atoms with Crippen LogP contribution in [0.2, 0.25) is 0 Å². The van der Waals surface area contributed by atoms with Crippen molar-refractivity contribution in [3.05, 3.63) is 0 Å². The second-order valence-corrected chi connectivity index (χ2v) is 5.31. The Balaban J connectivity index is 3.35. The zero-order chi connectivity index (χ0) is 12.6. The molecule has 0 rings (SSSR count). The molecule has 0 heterocycles. The zero-order valence-corrected chi connectivity index (χ0v) is 11.0. The lowest BCUT2D eigenvalue weighted by Crippen LogP contribution is -2.39. The summed E-state index contributed by atoms with van der Waals surface area (Å²) in [6.45, 7) is 9.90. The van der Waals surface area contributed by atoms with Crippen LogP contribution in [0.25, 0.3) is 0 Å². The van der Waals surface area contributed by atoms with Gasteiger partial charge in [-0.05, 0) is 26.2 Å². The van der Waals surface area contributed by atoms with Gasteiger partial charge in [0.25, 0.3) is 0 Å². The Morgan fingerprint density at radius 3 is 2.50 bits per heavy atom. The van der Waals surface area contributed by atoms with Crippen LogP contribution < -0.4 is 11.1 Å². The van der Waals surface area contributed by atoms with Gasteiger partial charge in [-0.25, -0.2) is 0 Å². The number of nitrogens with two attached hydrogens (primary N) is 1. The first-order valence-electron chi connectivity index (χ1n) is 5.94. The average molecular weight is 230 g/mol. The van der Waals surface area contributed by atoms with Crippen molar-refractivity contribution in [2.45, 2.75) is 46.1 Å². The summed E-state index contributed by atoms with van der Waals surface area (Å²) < 4.78 is 5.38. The van der Waals surface area contributed by atoms with E-state index in [1.807, 2.05) is 13.8 Å². The third-order valence-electron chi connectivity index (χ3n) is 2.02. The van der Waals surface area contributed by atoms with Crippen LogP contribution in [-0.2, 0) is 9.53 Å². The summed E-state index contributed by atoms with van der Waals surface area (Å²) in [5.41, 5.74) is 5.29. The number of amides is 1. The lowest BCUT2D eigenvalue weighted by atomic mass is 10.0. The lowest BCUT2D eigenvalue weighted by Gasteiger charge is -2.17. The quantitative estimate of drug-likeness (QED) is 0.618. The van der Waals surface area contributed by atoms with Crippen molar-refractivity contribution in [2.24, 2.45) is 11.7 Å². The highest BCUT2D eigenvalue weighted by Gasteiger charge is 2.15. The number of hydrogen-bond acceptors (Lipinski definition) is 3. The molecule has 0 aromatic carbocycles. The van der Waals surface area contributed by atoms with Gasteiger partial charge in [0, 0.05) is 25.1 Å². The van der Waals surface area contributed by atoms with Crippen LogP contribution in [0, 0.1) is 5.92 Å². The van der Waals surface area contributed by atoms with Gasteiger partial charge in [0.1, 0.15) is 0 Å². The van der Waals surface area contributed by atoms with Gasteiger partial charge in [-0.3, -0.25) is 4.79 Å². The molecule has 0 aliphatic rings. The molecule has 0 atom stereocenters. The monoisotopic (exact) mass is 230 g/mol. The maximum absolute atomic E-state index is 11.4. The first kappa shape index (κ1) is 15.4. The molecule has 16 heavy (non-hydrogen) atoms. The van der Waals surface area contributed by atoms with Crippen molar-refractivity contribution in [1.82, 2.24) is 5.32 Å². The molecule has 1 amide bonds. The SMILES string of the molecule is CC(C)CCOCCNC(=O)CC(C)(C)N. The van der Waals surface area contributed by atoms with Gasteiger partial charge in [-0.1, -0.05) is 13.8 Å². The first-order valence-corrected chi connectivity index (χ1v) is 5.94. The molecule has 0 unspecified atom stereocenters. The largest absolute Gasteiger partial charge is 0.380 e. The van der Waals surface area contributed by atoms with Crippen LogP contribution in [0.3, 0.4) is 0 Å². The summed E-state index contributed by atoms with van der Waals surface area (Å²) in [6, 6.07) is 0. The third kappa shape index (κ3) is 11.5. The van der Waals surface area contributed by atoms with Gasteiger partial charge in [0.2, 0.25) is 5.91 Å². The molecule has 0 saturated heterocycles. The third-order valence-corrected chi connectivity index (χ3v) is 2.02. The second-order valence-electron chi connectivity index (χ2n) is 5.31. The zero-order valence-electron chi connectivity index (χ0n) is 11.0. The van der Waals surface area contributed by atoms with E-state index in [0.717, 1.165) is 13.0 Å². The Morgan fingerprint density at radius 1 is 1.38 bits per heavy atom. The molecule has 4 nitrogen and oxygen atoms in total. The maximum atomic E-state index is 11.4. The minimum absolute atomic E-state index is 0.0139. The van der Waals surface area contributed by atoms with E-state index in [-0.39, 0.29) is 5.91 Å². The maximum Gasteiger partial charge on any atom is 0.221 e. The molecule has 0 bridgehead atoms. The fourth-order valence-electron chi connectivity index (χ4n) is 1.16. The van der Waals surface area contributed by atoms with Gasteiger partial charge in [-0.2, -0.15) is 0 Å². The van der Waals surface area contributed by atoms with Gasteiger partial charge < -0.3 is 15.8 Å². The van der Waals surface area contributed by atoms with Crippen molar-refractivity contribution >= 4 is 5.91 Å². The number of rotatable bonds is 8. The highest BCUT2D eigenvalue weighted by Crippen LogP contribution is 2.02. The van der Waals surface area contributed by atoms with Gasteiger partial charge >= 0.3 is 0 Å². The first-order chi connectivity index (χ1) is 7.31. The van der Waals surface area contributed by atoms with E-state index in [4.69, 9.17) is 10.5 Å². The Morgan fingerprint density at radius 2 is 2.00 bits per heavy atom. The molecule has 0 aromatic rings. The van der Waals surface area contributed by atoms with Crippen molar-refractivity contribution in [2.75, 3.05) is 19.8 Å². The minimum Gasteiger partial charge on any atom is -0.380 e. The van der Waals surface area contributed by atoms with Gasteiger partial charge in [-0.15, -0.1) is 0 Å². The predicted molar refractivity (Wildman–Crippen MR) is 66.2 cm³/mol. The Bertz CT molecular complexity index is 198. The fraction of sp³-hybridized carbons (Fsp3) is 0.917. The van der Waals surface area contributed by atoms with E-state index in [2.05, 4.69) is 19.2 Å². The molecular weight excluding hydrogens is 204 g/mol. The molecular formula is C12H26N2O2. The standard InChI is InChI=1S/C12H26N2O2/c1-10(2)5-7-16-8-6-14-11(15)9-12(3,4)13/h10H,5-9,13H2,1-4H3,(H,14,15). The lowest BCUT2D eigenvalue weighted by molar-refractivity contribution is -0.122. The molecule has 0 radical (unpaired) electrons. The summed E-state index contributed by atoms with van der Waals surface area (Å²) in [7, 11) is 0. The van der Waals surface area contributed by atoms with E-state index >= 15 is 0 Å². The Labute approximate surface area is 98.9 Å². The smallest absolute Gasteiger partial charge is 0.221 e. The summed E-state index contributed by atoms with van der Waals surface area (Å²) in [5.74, 6) is 0.646. The normalized spacial score (nSPS) is 11.9. The molecule has 3 N–H and O–H groups in total. The van der Waals surface area contributed by atoms with E-state index < -0.39 is 5.54 Å². The Kier molecular flexibility index (Phi) is 7.34. The van der Waals surface area contributed by atoms with Gasteiger partial charge in [0.15, 0.2) is 0 Å². The summed E-state index contributed by atoms with van der Waals surface area (Å²) in [4.78, 5) is 11.4. The second kappa shape index (κ2) is 7.63. The highest BCUT2D eigenvalue weighted by molar-refractivity contribution is 5.76. The number of carbonyl (C=O) groups is 1. The van der Waals surface area contributed by atoms with Crippen LogP contribution >= 0.6 is 0 Å². The number of nitrogens with one attached hydrogen (secondary N) is 1. The van der Waals surface area contributed by atoms with E-state index in [0.29, 0.717) is 25.5 Å². The molecule has 96 valence electrons. The van der Waals surface area contributed by atoms with Crippen LogP contribution in [0.4, 0.5) is 0 Å². The topological polar surface area (TPSA) is 64.3 Å². The molecule has 0 aromatic heterocycles. The minimum atomic E-state index is -0.442. The fourth-order valence-corrected chi connectivity index (χ4v) is 1.16. The Hall–Kier alpha value is -0.610. The highest BCUT2D eigenvalue weighted by atomic mass is 16.5. The van der Waals surface area contributed by atoms with Crippen LogP contribution in [0.15, 0.2) is 0 Å². The molecule has 0 saturated carbocycles. The molecule has 0 aliphatic heterocycles. The summed E-state index contributed by atoms with van der Waals surface area (Å²) in [6.07, 6.45) is 1.41. The summed E-state index contributed by atoms with van der Waals surface area (Å²) in [5, 5.41) is 2.78. The van der Waals surface area contributed by atoms with Gasteiger partial charge in [0.05, 0.1) is 6.61 Å². The summed E-state index contributed by atoms with van der Waals surface area (Å²) >= 11 is 0. The van der Waals surface area contributed by atoms with Crippen molar-refractivity contribution in [3.8, 4) is 0 Å².